The van der Waals surface area contributed by atoms with Crippen LogP contribution in [0.15, 0.2) is 0 Å². The van der Waals surface area contributed by atoms with Gasteiger partial charge in [0.15, 0.2) is 5.78 Å². The van der Waals surface area contributed by atoms with Gasteiger partial charge in [0, 0.05) is 5.41 Å². The Morgan fingerprint density at radius 3 is 1.94 bits per heavy atom. The van der Waals surface area contributed by atoms with Crippen molar-refractivity contribution in [1.82, 2.24) is 0 Å². The van der Waals surface area contributed by atoms with Crippen LogP contribution >= 0.6 is 0 Å². The summed E-state index contributed by atoms with van der Waals surface area (Å²) in [5.41, 5.74) is -1.06. The molecule has 0 aromatic carbocycles. The van der Waals surface area contributed by atoms with Crippen molar-refractivity contribution in [3.05, 3.63) is 0 Å². The van der Waals surface area contributed by atoms with Gasteiger partial charge in [0.2, 0.25) is 0 Å². The number of carboxylic acid groups (broad SMARTS) is 1. The lowest BCUT2D eigenvalue weighted by Crippen LogP contribution is -2.39. The Morgan fingerprint density at radius 2 is 1.65 bits per heavy atom. The summed E-state index contributed by atoms with van der Waals surface area (Å²) >= 11 is 0. The maximum atomic E-state index is 12.1. The number of carbonyl (C=O) groups excluding carboxylic acids is 1. The summed E-state index contributed by atoms with van der Waals surface area (Å²) in [5, 5.41) is 9.10. The molecule has 0 spiro atoms. The Morgan fingerprint density at radius 1 is 1.18 bits per heavy atom. The number of Topliss-reactive ketones (excluding diaryl/α,β-unsaturated/α-hetero) is 1. The minimum atomic E-state index is -1.11. The van der Waals surface area contributed by atoms with Gasteiger partial charge in [-0.15, -0.1) is 0 Å². The molecule has 1 N–H and O–H groups in total. The third-order valence-electron chi connectivity index (χ3n) is 2.85. The number of hydrogen-bond donors (Lipinski definition) is 1. The zero-order chi connectivity index (χ0) is 13.9. The maximum absolute atomic E-state index is 12.1. The van der Waals surface area contributed by atoms with E-state index in [1.54, 1.807) is 13.8 Å². The molecule has 0 bridgehead atoms. The first-order chi connectivity index (χ1) is 7.51. The Bertz CT molecular complexity index is 286. The highest BCUT2D eigenvalue weighted by Crippen LogP contribution is 2.26. The van der Waals surface area contributed by atoms with E-state index in [0.717, 1.165) is 0 Å². The molecule has 0 aromatic heterocycles. The molecule has 0 rings (SSSR count). The molecule has 1 unspecified atom stereocenters. The van der Waals surface area contributed by atoms with Gasteiger partial charge in [-0.2, -0.15) is 0 Å². The summed E-state index contributed by atoms with van der Waals surface area (Å²) in [6, 6.07) is 0. The standard InChI is InChI=1S/C13H24O4/c1-7-13(5,6)10(14)9(11(15)16)8-17-12(2,3)4/h9H,7-8H2,1-6H3,(H,15,16). The third kappa shape index (κ3) is 5.31. The van der Waals surface area contributed by atoms with Crippen LogP contribution in [0.3, 0.4) is 0 Å². The quantitative estimate of drug-likeness (QED) is 0.729. The fourth-order valence-electron chi connectivity index (χ4n) is 1.24. The average molecular weight is 244 g/mol. The Hall–Kier alpha value is -0.900. The summed E-state index contributed by atoms with van der Waals surface area (Å²) in [6.45, 7) is 10.8. The molecule has 0 aliphatic carbocycles. The number of aliphatic carboxylic acids is 1. The van der Waals surface area contributed by atoms with Gasteiger partial charge in [-0.1, -0.05) is 20.8 Å². The first kappa shape index (κ1) is 16.1. The van der Waals surface area contributed by atoms with E-state index in [9.17, 15) is 9.59 Å². The van der Waals surface area contributed by atoms with E-state index < -0.39 is 22.9 Å². The highest BCUT2D eigenvalue weighted by Gasteiger charge is 2.37. The highest BCUT2D eigenvalue weighted by atomic mass is 16.5. The van der Waals surface area contributed by atoms with Crippen molar-refractivity contribution in [3.63, 3.8) is 0 Å². The van der Waals surface area contributed by atoms with Crippen LogP contribution in [0.5, 0.6) is 0 Å². The monoisotopic (exact) mass is 244 g/mol. The topological polar surface area (TPSA) is 63.6 Å². The van der Waals surface area contributed by atoms with Crippen molar-refractivity contribution in [2.45, 2.75) is 53.6 Å². The predicted octanol–water partition coefficient (Wildman–Crippen LogP) is 2.51. The molecule has 4 nitrogen and oxygen atoms in total. The minimum Gasteiger partial charge on any atom is -0.481 e. The van der Waals surface area contributed by atoms with Crippen molar-refractivity contribution in [3.8, 4) is 0 Å². The molecule has 17 heavy (non-hydrogen) atoms. The number of ether oxygens (including phenoxy) is 1. The number of hydrogen-bond acceptors (Lipinski definition) is 3. The molecule has 100 valence electrons. The smallest absolute Gasteiger partial charge is 0.316 e. The normalized spacial score (nSPS) is 14.5. The first-order valence-electron chi connectivity index (χ1n) is 5.92. The van der Waals surface area contributed by atoms with E-state index in [0.29, 0.717) is 6.42 Å². The molecule has 1 atom stereocenters. The predicted molar refractivity (Wildman–Crippen MR) is 65.9 cm³/mol. The molecule has 0 heterocycles. The fraction of sp³-hybridized carbons (Fsp3) is 0.846. The molecule has 4 heteroatoms. The van der Waals surface area contributed by atoms with Crippen LogP contribution in [-0.4, -0.2) is 29.1 Å². The molecule has 0 amide bonds. The summed E-state index contributed by atoms with van der Waals surface area (Å²) in [5.74, 6) is -2.46. The van der Waals surface area contributed by atoms with Crippen molar-refractivity contribution in [2.24, 2.45) is 11.3 Å². The largest absolute Gasteiger partial charge is 0.481 e. The van der Waals surface area contributed by atoms with E-state index >= 15 is 0 Å². The van der Waals surface area contributed by atoms with Crippen LogP contribution in [-0.2, 0) is 14.3 Å². The van der Waals surface area contributed by atoms with E-state index in [1.165, 1.54) is 0 Å². The van der Waals surface area contributed by atoms with Gasteiger partial charge in [-0.25, -0.2) is 0 Å². The molecular weight excluding hydrogens is 220 g/mol. The summed E-state index contributed by atoms with van der Waals surface area (Å²) < 4.78 is 5.41. The lowest BCUT2D eigenvalue weighted by Gasteiger charge is -2.27. The van der Waals surface area contributed by atoms with Gasteiger partial charge in [0.1, 0.15) is 5.92 Å². The fourth-order valence-corrected chi connectivity index (χ4v) is 1.24. The number of ketones is 1. The van der Waals surface area contributed by atoms with E-state index in [2.05, 4.69) is 0 Å². The minimum absolute atomic E-state index is 0.0684. The van der Waals surface area contributed by atoms with Gasteiger partial charge >= 0.3 is 5.97 Å². The van der Waals surface area contributed by atoms with E-state index in [4.69, 9.17) is 9.84 Å². The van der Waals surface area contributed by atoms with Crippen molar-refractivity contribution >= 4 is 11.8 Å². The third-order valence-corrected chi connectivity index (χ3v) is 2.85. The molecule has 0 aliphatic rings. The van der Waals surface area contributed by atoms with Crippen LogP contribution < -0.4 is 0 Å². The second-order valence-corrected chi connectivity index (χ2v) is 5.92. The summed E-state index contributed by atoms with van der Waals surface area (Å²) in [4.78, 5) is 23.2. The van der Waals surface area contributed by atoms with E-state index in [1.807, 2.05) is 27.7 Å². The zero-order valence-corrected chi connectivity index (χ0v) is 11.7. The highest BCUT2D eigenvalue weighted by molar-refractivity contribution is 6.01. The zero-order valence-electron chi connectivity index (χ0n) is 11.7. The second kappa shape index (κ2) is 5.63. The van der Waals surface area contributed by atoms with Gasteiger partial charge in [-0.05, 0) is 27.2 Å². The van der Waals surface area contributed by atoms with Gasteiger partial charge < -0.3 is 9.84 Å². The first-order valence-corrected chi connectivity index (χ1v) is 5.92. The SMILES string of the molecule is CCC(C)(C)C(=O)C(COC(C)(C)C)C(=O)O. The Kier molecular flexibility index (Phi) is 5.33. The number of carboxylic acids is 1. The molecule has 0 aromatic rings. The van der Waals surface area contributed by atoms with Gasteiger partial charge in [0.05, 0.1) is 12.2 Å². The summed E-state index contributed by atoms with van der Waals surface area (Å²) in [6.07, 6.45) is 0.616. The molecule has 0 saturated heterocycles. The molecule has 0 aliphatic heterocycles. The number of rotatable bonds is 6. The van der Waals surface area contributed by atoms with Crippen LogP contribution in [0, 0.1) is 11.3 Å². The molecule has 0 fully saturated rings. The average Bonchev–Trinajstić information content (AvgIpc) is 2.15. The van der Waals surface area contributed by atoms with Crippen molar-refractivity contribution in [2.75, 3.05) is 6.61 Å². The van der Waals surface area contributed by atoms with Crippen LogP contribution in [0.2, 0.25) is 0 Å². The number of carbonyl (C=O) groups is 2. The lowest BCUT2D eigenvalue weighted by atomic mass is 9.79. The summed E-state index contributed by atoms with van der Waals surface area (Å²) in [7, 11) is 0. The second-order valence-electron chi connectivity index (χ2n) is 5.92. The van der Waals surface area contributed by atoms with E-state index in [-0.39, 0.29) is 12.4 Å². The maximum Gasteiger partial charge on any atom is 0.316 e. The van der Waals surface area contributed by atoms with Crippen LogP contribution in [0.25, 0.3) is 0 Å². The van der Waals surface area contributed by atoms with Gasteiger partial charge in [-0.3, -0.25) is 9.59 Å². The Balaban J connectivity index is 4.77. The Labute approximate surface area is 103 Å². The molecular formula is C13H24O4. The van der Waals surface area contributed by atoms with Crippen molar-refractivity contribution in [1.29, 1.82) is 0 Å². The van der Waals surface area contributed by atoms with Crippen molar-refractivity contribution < 1.29 is 19.4 Å². The van der Waals surface area contributed by atoms with Gasteiger partial charge in [0.25, 0.3) is 0 Å². The lowest BCUT2D eigenvalue weighted by molar-refractivity contribution is -0.154. The van der Waals surface area contributed by atoms with Crippen LogP contribution in [0.4, 0.5) is 0 Å². The molecule has 0 radical (unpaired) electrons. The molecule has 0 saturated carbocycles. The van der Waals surface area contributed by atoms with Crippen LogP contribution in [0.1, 0.15) is 48.0 Å².